The highest BCUT2D eigenvalue weighted by Gasteiger charge is 2.35. The average molecular weight is 599 g/mol. The van der Waals surface area contributed by atoms with Crippen LogP contribution in [0.25, 0.3) is 0 Å². The zero-order valence-electron chi connectivity index (χ0n) is 25.6. The van der Waals surface area contributed by atoms with Crippen molar-refractivity contribution in [2.75, 3.05) is 26.7 Å². The lowest BCUT2D eigenvalue weighted by Gasteiger charge is -2.38. The van der Waals surface area contributed by atoms with E-state index in [4.69, 9.17) is 4.74 Å². The van der Waals surface area contributed by atoms with Crippen LogP contribution in [0.3, 0.4) is 0 Å². The fraction of sp³-hybridized carbons (Fsp3) is 0.667. The maximum absolute atomic E-state index is 13.3. The van der Waals surface area contributed by atoms with Gasteiger partial charge in [-0.3, -0.25) is 4.79 Å². The summed E-state index contributed by atoms with van der Waals surface area (Å²) in [5.41, 5.74) is 4.25. The largest absolute Gasteiger partial charge is 0.495 e. The highest BCUT2D eigenvalue weighted by Crippen LogP contribution is 2.34. The molecule has 42 heavy (non-hydrogen) atoms. The van der Waals surface area contributed by atoms with Gasteiger partial charge in [0, 0.05) is 43.8 Å². The number of H-pyrrole nitrogens is 1. The van der Waals surface area contributed by atoms with Gasteiger partial charge in [0.2, 0.25) is 10.0 Å². The van der Waals surface area contributed by atoms with Crippen LogP contribution in [-0.4, -0.2) is 55.9 Å². The van der Waals surface area contributed by atoms with Crippen LogP contribution < -0.4 is 15.4 Å². The Labute approximate surface area is 252 Å². The number of hydrogen-bond donors (Lipinski definition) is 3. The number of amides is 1. The number of fused-ring (bicyclic) bond motifs is 1. The summed E-state index contributed by atoms with van der Waals surface area (Å²) in [4.78, 5) is 16.7. The molecule has 3 aliphatic rings. The zero-order valence-corrected chi connectivity index (χ0v) is 26.4. The molecular weight excluding hydrogens is 548 g/mol. The fourth-order valence-electron chi connectivity index (χ4n) is 7.19. The molecule has 3 N–H and O–H groups in total. The number of ether oxygens (including phenoxy) is 1. The van der Waals surface area contributed by atoms with Gasteiger partial charge in [-0.1, -0.05) is 57.4 Å². The van der Waals surface area contributed by atoms with Crippen molar-refractivity contribution in [1.82, 2.24) is 19.9 Å². The summed E-state index contributed by atoms with van der Waals surface area (Å²) in [6, 6.07) is 7.33. The van der Waals surface area contributed by atoms with Crippen molar-refractivity contribution in [1.29, 1.82) is 0 Å². The SMILES string of the molecule is COc1ccc(C)cc1S(=O)(=O)N1CCC(CCCCNC(=O)c2cc3c([nH]2)CC2(CCCCCCCC2)NC3)CC1. The van der Waals surface area contributed by atoms with E-state index in [0.717, 1.165) is 50.6 Å². The van der Waals surface area contributed by atoms with Crippen LogP contribution in [0.4, 0.5) is 0 Å². The first-order valence-corrected chi connectivity index (χ1v) is 17.6. The van der Waals surface area contributed by atoms with Crippen LogP contribution in [0.5, 0.6) is 5.75 Å². The lowest BCUT2D eigenvalue weighted by atomic mass is 9.80. The van der Waals surface area contributed by atoms with Crippen molar-refractivity contribution in [2.45, 2.75) is 114 Å². The van der Waals surface area contributed by atoms with Crippen LogP contribution in [0.15, 0.2) is 29.2 Å². The minimum Gasteiger partial charge on any atom is -0.495 e. The molecule has 1 aliphatic carbocycles. The summed E-state index contributed by atoms with van der Waals surface area (Å²) in [5.74, 6) is 0.896. The summed E-state index contributed by atoms with van der Waals surface area (Å²) < 4.78 is 33.5. The number of sulfonamides is 1. The molecular formula is C33H50N4O4S. The van der Waals surface area contributed by atoms with E-state index in [0.29, 0.717) is 37.0 Å². The van der Waals surface area contributed by atoms with E-state index < -0.39 is 10.0 Å². The van der Waals surface area contributed by atoms with E-state index in [1.807, 2.05) is 19.1 Å². The monoisotopic (exact) mass is 598 g/mol. The summed E-state index contributed by atoms with van der Waals surface area (Å²) >= 11 is 0. The number of aryl methyl sites for hydroxylation is 1. The van der Waals surface area contributed by atoms with Gasteiger partial charge in [-0.05, 0) is 74.3 Å². The molecule has 5 rings (SSSR count). The summed E-state index contributed by atoms with van der Waals surface area (Å²) in [7, 11) is -2.07. The predicted octanol–water partition coefficient (Wildman–Crippen LogP) is 5.85. The number of nitrogens with zero attached hydrogens (tertiary/aromatic N) is 1. The lowest BCUT2D eigenvalue weighted by Crippen LogP contribution is -2.49. The van der Waals surface area contributed by atoms with E-state index in [-0.39, 0.29) is 16.3 Å². The molecule has 1 spiro atoms. The standard InChI is InChI=1S/C33H50N4O4S/c1-25-12-13-30(41-2)31(21-25)42(39,40)37-19-14-26(15-20-37)11-7-10-18-34-32(38)28-22-27-24-35-33(23-29(27)36-28)16-8-5-3-4-6-9-17-33/h12-13,21-22,26,35-36H,3-11,14-20,23-24H2,1-2H3,(H,34,38). The Bertz CT molecular complexity index is 1300. The topological polar surface area (TPSA) is 104 Å². The molecule has 9 heteroatoms. The van der Waals surface area contributed by atoms with Gasteiger partial charge in [-0.2, -0.15) is 4.31 Å². The highest BCUT2D eigenvalue weighted by molar-refractivity contribution is 7.89. The van der Waals surface area contributed by atoms with Gasteiger partial charge >= 0.3 is 0 Å². The second kappa shape index (κ2) is 14.0. The number of methoxy groups -OCH3 is 1. The number of benzene rings is 1. The Balaban J connectivity index is 1.03. The summed E-state index contributed by atoms with van der Waals surface area (Å²) in [5, 5.41) is 6.98. The molecule has 0 bridgehead atoms. The predicted molar refractivity (Wildman–Crippen MR) is 166 cm³/mol. The fourth-order valence-corrected chi connectivity index (χ4v) is 8.90. The Hall–Kier alpha value is -2.36. The first-order valence-electron chi connectivity index (χ1n) is 16.2. The Morgan fingerprint density at radius 1 is 1.05 bits per heavy atom. The van der Waals surface area contributed by atoms with Crippen LogP contribution in [0.2, 0.25) is 0 Å². The van der Waals surface area contributed by atoms with Gasteiger partial charge in [0.05, 0.1) is 7.11 Å². The van der Waals surface area contributed by atoms with E-state index in [1.54, 1.807) is 16.4 Å². The molecule has 2 fully saturated rings. The van der Waals surface area contributed by atoms with E-state index in [9.17, 15) is 13.2 Å². The molecule has 0 radical (unpaired) electrons. The van der Waals surface area contributed by atoms with E-state index >= 15 is 0 Å². The van der Waals surface area contributed by atoms with Crippen molar-refractivity contribution < 1.29 is 17.9 Å². The maximum atomic E-state index is 13.3. The molecule has 2 aliphatic heterocycles. The van der Waals surface area contributed by atoms with Gasteiger partial charge in [0.1, 0.15) is 16.3 Å². The normalized spacial score (nSPS) is 20.3. The summed E-state index contributed by atoms with van der Waals surface area (Å²) in [6.07, 6.45) is 16.2. The van der Waals surface area contributed by atoms with Crippen LogP contribution in [0.1, 0.15) is 111 Å². The summed E-state index contributed by atoms with van der Waals surface area (Å²) in [6.45, 7) is 4.47. The molecule has 8 nitrogen and oxygen atoms in total. The minimum absolute atomic E-state index is 0.0157. The van der Waals surface area contributed by atoms with Gasteiger partial charge < -0.3 is 20.4 Å². The molecule has 2 aromatic rings. The number of piperidine rings is 1. The third-order valence-corrected chi connectivity index (χ3v) is 11.7. The first kappa shape index (κ1) is 31.1. The van der Waals surface area contributed by atoms with E-state index in [1.165, 1.54) is 69.7 Å². The number of aromatic nitrogens is 1. The number of carbonyl (C=O) groups is 1. The second-order valence-electron chi connectivity index (χ2n) is 12.9. The van der Waals surface area contributed by atoms with E-state index in [2.05, 4.69) is 15.6 Å². The minimum atomic E-state index is -3.58. The van der Waals surface area contributed by atoms with Crippen LogP contribution >= 0.6 is 0 Å². The third kappa shape index (κ3) is 7.40. The van der Waals surface area contributed by atoms with Crippen molar-refractivity contribution in [3.8, 4) is 5.75 Å². The molecule has 3 heterocycles. The number of rotatable bonds is 9. The van der Waals surface area contributed by atoms with Crippen LogP contribution in [-0.2, 0) is 23.0 Å². The molecule has 1 aromatic carbocycles. The van der Waals surface area contributed by atoms with Crippen molar-refractivity contribution in [3.63, 3.8) is 0 Å². The molecule has 0 atom stereocenters. The Morgan fingerprint density at radius 3 is 2.48 bits per heavy atom. The molecule has 1 saturated heterocycles. The van der Waals surface area contributed by atoms with Crippen molar-refractivity contribution in [2.24, 2.45) is 5.92 Å². The van der Waals surface area contributed by atoms with Crippen molar-refractivity contribution in [3.05, 3.63) is 46.8 Å². The quantitative estimate of drug-likeness (QED) is 0.314. The Morgan fingerprint density at radius 2 is 1.76 bits per heavy atom. The molecule has 1 aromatic heterocycles. The number of nitrogens with one attached hydrogen (secondary N) is 3. The number of unbranched alkanes of at least 4 members (excludes halogenated alkanes) is 1. The lowest BCUT2D eigenvalue weighted by molar-refractivity contribution is 0.0948. The maximum Gasteiger partial charge on any atom is 0.267 e. The number of hydrogen-bond acceptors (Lipinski definition) is 5. The highest BCUT2D eigenvalue weighted by atomic mass is 32.2. The molecule has 232 valence electrons. The molecule has 1 amide bonds. The van der Waals surface area contributed by atoms with Gasteiger partial charge in [0.15, 0.2) is 0 Å². The van der Waals surface area contributed by atoms with Gasteiger partial charge in [-0.15, -0.1) is 0 Å². The smallest absolute Gasteiger partial charge is 0.267 e. The van der Waals surface area contributed by atoms with Gasteiger partial charge in [0.25, 0.3) is 5.91 Å². The number of aromatic amines is 1. The van der Waals surface area contributed by atoms with Crippen molar-refractivity contribution >= 4 is 15.9 Å². The zero-order chi connectivity index (χ0) is 29.6. The molecule has 1 saturated carbocycles. The first-order chi connectivity index (χ1) is 20.3. The second-order valence-corrected chi connectivity index (χ2v) is 14.8. The average Bonchev–Trinajstić information content (AvgIpc) is 3.45. The third-order valence-electron chi connectivity index (χ3n) is 9.80. The number of carbonyl (C=O) groups excluding carboxylic acids is 1. The molecule has 0 unspecified atom stereocenters. The van der Waals surface area contributed by atoms with Gasteiger partial charge in [-0.25, -0.2) is 8.42 Å². The van der Waals surface area contributed by atoms with Crippen LogP contribution in [0, 0.1) is 12.8 Å². The Kier molecular flexibility index (Phi) is 10.3.